The number of benzene rings is 3. The zero-order valence-corrected chi connectivity index (χ0v) is 16.1. The standard InChI is InChI=1S/C21H18Cl2FNO2/c1-26-20-10-15(12-25-18-8-4-16(22)5-9-18)19(23)11-21(20)27-13-14-2-6-17(24)7-3-14/h2-11,25H,12-13H2,1H3. The molecule has 3 aromatic rings. The first kappa shape index (κ1) is 19.3. The maximum Gasteiger partial charge on any atom is 0.163 e. The van der Waals surface area contributed by atoms with E-state index < -0.39 is 0 Å². The van der Waals surface area contributed by atoms with Gasteiger partial charge in [-0.05, 0) is 53.6 Å². The van der Waals surface area contributed by atoms with Gasteiger partial charge >= 0.3 is 0 Å². The summed E-state index contributed by atoms with van der Waals surface area (Å²) in [6.07, 6.45) is 0. The van der Waals surface area contributed by atoms with E-state index in [0.29, 0.717) is 28.1 Å². The van der Waals surface area contributed by atoms with Gasteiger partial charge in [0.15, 0.2) is 11.5 Å². The van der Waals surface area contributed by atoms with Crippen LogP contribution in [0.3, 0.4) is 0 Å². The molecule has 0 saturated carbocycles. The van der Waals surface area contributed by atoms with E-state index in [1.54, 1.807) is 25.3 Å². The van der Waals surface area contributed by atoms with Crippen molar-refractivity contribution in [3.05, 3.63) is 87.7 Å². The topological polar surface area (TPSA) is 30.5 Å². The summed E-state index contributed by atoms with van der Waals surface area (Å²) >= 11 is 12.3. The van der Waals surface area contributed by atoms with Gasteiger partial charge in [-0.15, -0.1) is 0 Å². The lowest BCUT2D eigenvalue weighted by Gasteiger charge is -2.15. The van der Waals surface area contributed by atoms with Crippen molar-refractivity contribution in [2.45, 2.75) is 13.2 Å². The van der Waals surface area contributed by atoms with Crippen LogP contribution in [0.15, 0.2) is 60.7 Å². The summed E-state index contributed by atoms with van der Waals surface area (Å²) in [6.45, 7) is 0.810. The smallest absolute Gasteiger partial charge is 0.163 e. The Balaban J connectivity index is 1.70. The normalized spacial score (nSPS) is 10.5. The van der Waals surface area contributed by atoms with Gasteiger partial charge in [-0.3, -0.25) is 0 Å². The van der Waals surface area contributed by atoms with E-state index in [2.05, 4.69) is 5.32 Å². The monoisotopic (exact) mass is 405 g/mol. The molecule has 1 N–H and O–H groups in total. The van der Waals surface area contributed by atoms with E-state index in [4.69, 9.17) is 32.7 Å². The molecule has 27 heavy (non-hydrogen) atoms. The molecule has 0 saturated heterocycles. The van der Waals surface area contributed by atoms with Crippen molar-refractivity contribution in [1.29, 1.82) is 0 Å². The van der Waals surface area contributed by atoms with Crippen LogP contribution in [0.5, 0.6) is 11.5 Å². The molecule has 0 fully saturated rings. The lowest BCUT2D eigenvalue weighted by Crippen LogP contribution is -2.03. The van der Waals surface area contributed by atoms with E-state index in [1.165, 1.54) is 12.1 Å². The van der Waals surface area contributed by atoms with Crippen LogP contribution < -0.4 is 14.8 Å². The molecule has 0 spiro atoms. The van der Waals surface area contributed by atoms with Gasteiger partial charge in [0.05, 0.1) is 7.11 Å². The number of rotatable bonds is 7. The minimum atomic E-state index is -0.281. The molecule has 0 amide bonds. The summed E-state index contributed by atoms with van der Waals surface area (Å²) in [4.78, 5) is 0. The van der Waals surface area contributed by atoms with Crippen molar-refractivity contribution in [3.63, 3.8) is 0 Å². The molecule has 0 aliphatic carbocycles. The van der Waals surface area contributed by atoms with Gasteiger partial charge in [0, 0.05) is 28.3 Å². The number of nitrogens with one attached hydrogen (secondary N) is 1. The molecule has 3 aromatic carbocycles. The van der Waals surface area contributed by atoms with Gasteiger partial charge in [-0.1, -0.05) is 35.3 Å². The molecule has 0 bridgehead atoms. The fourth-order valence-corrected chi connectivity index (χ4v) is 2.84. The Morgan fingerprint density at radius 3 is 2.30 bits per heavy atom. The Bertz CT molecular complexity index is 899. The largest absolute Gasteiger partial charge is 0.493 e. The molecule has 0 aromatic heterocycles. The Kier molecular flexibility index (Phi) is 6.43. The van der Waals surface area contributed by atoms with E-state index in [0.717, 1.165) is 16.8 Å². The minimum Gasteiger partial charge on any atom is -0.493 e. The maximum absolute atomic E-state index is 13.0. The Morgan fingerprint density at radius 2 is 1.63 bits per heavy atom. The average Bonchev–Trinajstić information content (AvgIpc) is 2.68. The van der Waals surface area contributed by atoms with Gasteiger partial charge < -0.3 is 14.8 Å². The molecule has 0 aliphatic heterocycles. The Labute approximate surface area is 167 Å². The zero-order chi connectivity index (χ0) is 19.2. The van der Waals surface area contributed by atoms with E-state index in [-0.39, 0.29) is 12.4 Å². The highest BCUT2D eigenvalue weighted by Gasteiger charge is 2.11. The Morgan fingerprint density at radius 1 is 0.926 bits per heavy atom. The zero-order valence-electron chi connectivity index (χ0n) is 14.6. The van der Waals surface area contributed by atoms with E-state index in [9.17, 15) is 4.39 Å². The molecule has 0 unspecified atom stereocenters. The third-order valence-corrected chi connectivity index (χ3v) is 4.57. The first-order valence-electron chi connectivity index (χ1n) is 8.28. The van der Waals surface area contributed by atoms with Gasteiger partial charge in [-0.2, -0.15) is 0 Å². The predicted octanol–water partition coefficient (Wildman–Crippen LogP) is 6.33. The fourth-order valence-electron chi connectivity index (χ4n) is 2.49. The highest BCUT2D eigenvalue weighted by Crippen LogP contribution is 2.34. The second-order valence-corrected chi connectivity index (χ2v) is 6.71. The molecular formula is C21H18Cl2FNO2. The summed E-state index contributed by atoms with van der Waals surface area (Å²) in [7, 11) is 1.57. The van der Waals surface area contributed by atoms with Crippen LogP contribution in [0.2, 0.25) is 10.0 Å². The van der Waals surface area contributed by atoms with Gasteiger partial charge in [0.25, 0.3) is 0 Å². The minimum absolute atomic E-state index is 0.281. The summed E-state index contributed by atoms with van der Waals surface area (Å²) < 4.78 is 24.2. The summed E-state index contributed by atoms with van der Waals surface area (Å²) in [6, 6.07) is 17.1. The third-order valence-electron chi connectivity index (χ3n) is 3.97. The van der Waals surface area contributed by atoms with Crippen LogP contribution in [0.4, 0.5) is 10.1 Å². The van der Waals surface area contributed by atoms with Crippen molar-refractivity contribution >= 4 is 28.9 Å². The third kappa shape index (κ3) is 5.28. The van der Waals surface area contributed by atoms with Crippen LogP contribution in [0, 0.1) is 5.82 Å². The van der Waals surface area contributed by atoms with Gasteiger partial charge in [0.1, 0.15) is 12.4 Å². The lowest BCUT2D eigenvalue weighted by molar-refractivity contribution is 0.284. The fraction of sp³-hybridized carbons (Fsp3) is 0.143. The molecular weight excluding hydrogens is 388 g/mol. The Hall–Kier alpha value is -2.43. The quantitative estimate of drug-likeness (QED) is 0.497. The predicted molar refractivity (Wildman–Crippen MR) is 108 cm³/mol. The van der Waals surface area contributed by atoms with E-state index >= 15 is 0 Å². The number of hydrogen-bond donors (Lipinski definition) is 1. The highest BCUT2D eigenvalue weighted by atomic mass is 35.5. The van der Waals surface area contributed by atoms with Crippen molar-refractivity contribution in [2.24, 2.45) is 0 Å². The molecule has 3 nitrogen and oxygen atoms in total. The molecule has 6 heteroatoms. The SMILES string of the molecule is COc1cc(CNc2ccc(Cl)cc2)c(Cl)cc1OCc1ccc(F)cc1. The number of hydrogen-bond acceptors (Lipinski definition) is 3. The number of halogens is 3. The van der Waals surface area contributed by atoms with E-state index in [1.807, 2.05) is 30.3 Å². The summed E-state index contributed by atoms with van der Waals surface area (Å²) in [5, 5.41) is 4.53. The first-order valence-corrected chi connectivity index (χ1v) is 9.04. The first-order chi connectivity index (χ1) is 13.0. The maximum atomic E-state index is 13.0. The summed E-state index contributed by atoms with van der Waals surface area (Å²) in [5.41, 5.74) is 2.66. The molecule has 0 radical (unpaired) electrons. The van der Waals surface area contributed by atoms with Crippen molar-refractivity contribution < 1.29 is 13.9 Å². The van der Waals surface area contributed by atoms with Crippen molar-refractivity contribution in [3.8, 4) is 11.5 Å². The highest BCUT2D eigenvalue weighted by molar-refractivity contribution is 6.31. The number of ether oxygens (including phenoxy) is 2. The van der Waals surface area contributed by atoms with Crippen LogP contribution in [0.1, 0.15) is 11.1 Å². The molecule has 140 valence electrons. The van der Waals surface area contributed by atoms with Crippen LogP contribution >= 0.6 is 23.2 Å². The molecule has 0 aliphatic rings. The van der Waals surface area contributed by atoms with Crippen molar-refractivity contribution in [1.82, 2.24) is 0 Å². The number of methoxy groups -OCH3 is 1. The van der Waals surface area contributed by atoms with Crippen molar-refractivity contribution in [2.75, 3.05) is 12.4 Å². The number of anilines is 1. The molecule has 3 rings (SSSR count). The molecule has 0 heterocycles. The van der Waals surface area contributed by atoms with Crippen LogP contribution in [0.25, 0.3) is 0 Å². The van der Waals surface area contributed by atoms with Crippen LogP contribution in [-0.2, 0) is 13.2 Å². The van der Waals surface area contributed by atoms with Gasteiger partial charge in [0.2, 0.25) is 0 Å². The summed E-state index contributed by atoms with van der Waals surface area (Å²) in [5.74, 6) is 0.827. The average molecular weight is 406 g/mol. The molecule has 0 atom stereocenters. The van der Waals surface area contributed by atoms with Crippen LogP contribution in [-0.4, -0.2) is 7.11 Å². The van der Waals surface area contributed by atoms with Gasteiger partial charge in [-0.25, -0.2) is 4.39 Å². The second-order valence-electron chi connectivity index (χ2n) is 5.87. The second kappa shape index (κ2) is 8.98. The lowest BCUT2D eigenvalue weighted by atomic mass is 10.2.